The molecule has 0 saturated heterocycles. The fourth-order valence-electron chi connectivity index (χ4n) is 1.32. The van der Waals surface area contributed by atoms with Crippen LogP contribution in [0.4, 0.5) is 17.6 Å². The van der Waals surface area contributed by atoms with E-state index in [0.29, 0.717) is 0 Å². The molecule has 8 heteroatoms. The van der Waals surface area contributed by atoms with Crippen LogP contribution in [0, 0.1) is 11.7 Å². The second kappa shape index (κ2) is 6.37. The lowest BCUT2D eigenvalue weighted by Crippen LogP contribution is -2.39. The Labute approximate surface area is 106 Å². The van der Waals surface area contributed by atoms with Crippen LogP contribution in [0.25, 0.3) is 0 Å². The monoisotopic (exact) mass is 280 g/mol. The van der Waals surface area contributed by atoms with Crippen LogP contribution >= 0.6 is 0 Å². The largest absolute Gasteiger partial charge is 0.409 e. The highest BCUT2D eigenvalue weighted by molar-refractivity contribution is 5.83. The number of benzene rings is 1. The molecule has 0 aliphatic heterocycles. The van der Waals surface area contributed by atoms with Gasteiger partial charge in [-0.1, -0.05) is 23.4 Å². The van der Waals surface area contributed by atoms with Crippen molar-refractivity contribution in [2.75, 3.05) is 6.61 Å². The summed E-state index contributed by atoms with van der Waals surface area (Å²) in [6, 6.07) is 5.55. The van der Waals surface area contributed by atoms with Gasteiger partial charge in [-0.05, 0) is 6.07 Å². The van der Waals surface area contributed by atoms with Gasteiger partial charge < -0.3 is 15.7 Å². The van der Waals surface area contributed by atoms with Crippen molar-refractivity contribution in [2.45, 2.75) is 12.8 Å². The molecule has 1 atom stereocenters. The van der Waals surface area contributed by atoms with Gasteiger partial charge >= 0.3 is 6.18 Å². The van der Waals surface area contributed by atoms with Gasteiger partial charge in [0.15, 0.2) is 5.84 Å². The summed E-state index contributed by atoms with van der Waals surface area (Å²) in [6.07, 6.45) is -4.70. The molecule has 1 aromatic rings. The third-order valence-corrected chi connectivity index (χ3v) is 2.37. The molecule has 0 amide bonds. The summed E-state index contributed by atoms with van der Waals surface area (Å²) in [5.74, 6) is -3.81. The van der Waals surface area contributed by atoms with Gasteiger partial charge in [0.05, 0.1) is 13.2 Å². The Morgan fingerprint density at radius 2 is 2.00 bits per heavy atom. The van der Waals surface area contributed by atoms with Crippen molar-refractivity contribution >= 4 is 5.84 Å². The van der Waals surface area contributed by atoms with Crippen LogP contribution in [-0.2, 0) is 11.3 Å². The standard InChI is InChI=1S/C11H12F4N2O2/c12-9-4-2-1-3-7(9)5-19-6-8(10(16)17-18)11(13,14)15/h1-4,8,18H,5-6H2,(H2,16,17). The molecule has 3 N–H and O–H groups in total. The predicted molar refractivity (Wildman–Crippen MR) is 59.0 cm³/mol. The Morgan fingerprint density at radius 1 is 1.37 bits per heavy atom. The van der Waals surface area contributed by atoms with E-state index in [0.717, 1.165) is 0 Å². The van der Waals surface area contributed by atoms with Crippen molar-refractivity contribution in [3.05, 3.63) is 35.6 Å². The number of ether oxygens (including phenoxy) is 1. The van der Waals surface area contributed by atoms with Crippen molar-refractivity contribution in [1.82, 2.24) is 0 Å². The summed E-state index contributed by atoms with van der Waals surface area (Å²) in [4.78, 5) is 0. The van der Waals surface area contributed by atoms with Gasteiger partial charge in [0, 0.05) is 5.56 Å². The van der Waals surface area contributed by atoms with E-state index in [4.69, 9.17) is 15.7 Å². The first-order valence-corrected chi connectivity index (χ1v) is 5.21. The molecular formula is C11H12F4N2O2. The average molecular weight is 280 g/mol. The number of nitrogens with two attached hydrogens (primary N) is 1. The highest BCUT2D eigenvalue weighted by Crippen LogP contribution is 2.27. The minimum absolute atomic E-state index is 0.128. The zero-order valence-electron chi connectivity index (χ0n) is 9.69. The molecule has 1 unspecified atom stereocenters. The summed E-state index contributed by atoms with van der Waals surface area (Å²) in [7, 11) is 0. The van der Waals surface area contributed by atoms with Crippen LogP contribution in [0.15, 0.2) is 29.4 Å². The van der Waals surface area contributed by atoms with Gasteiger partial charge in [-0.3, -0.25) is 0 Å². The average Bonchev–Trinajstić information content (AvgIpc) is 2.34. The van der Waals surface area contributed by atoms with Crippen molar-refractivity contribution in [2.24, 2.45) is 16.8 Å². The van der Waals surface area contributed by atoms with Crippen LogP contribution in [0.1, 0.15) is 5.56 Å². The Hall–Kier alpha value is -1.83. The van der Waals surface area contributed by atoms with E-state index < -0.39 is 30.4 Å². The predicted octanol–water partition coefficient (Wildman–Crippen LogP) is 2.27. The molecule has 0 radical (unpaired) electrons. The fourth-order valence-corrected chi connectivity index (χ4v) is 1.32. The normalized spacial score (nSPS) is 14.4. The van der Waals surface area contributed by atoms with E-state index >= 15 is 0 Å². The van der Waals surface area contributed by atoms with E-state index in [-0.39, 0.29) is 12.2 Å². The van der Waals surface area contributed by atoms with E-state index in [1.54, 1.807) is 0 Å². The maximum atomic E-state index is 13.2. The summed E-state index contributed by atoms with van der Waals surface area (Å²) < 4.78 is 55.6. The van der Waals surface area contributed by atoms with E-state index in [1.165, 1.54) is 24.3 Å². The lowest BCUT2D eigenvalue weighted by atomic mass is 10.1. The fraction of sp³-hybridized carbons (Fsp3) is 0.364. The van der Waals surface area contributed by atoms with Gasteiger partial charge in [0.2, 0.25) is 0 Å². The summed E-state index contributed by atoms with van der Waals surface area (Å²) in [6.45, 7) is -1.19. The van der Waals surface area contributed by atoms with E-state index in [1.807, 2.05) is 0 Å². The Kier molecular flexibility index (Phi) is 5.11. The molecule has 19 heavy (non-hydrogen) atoms. The number of halogens is 4. The van der Waals surface area contributed by atoms with E-state index in [9.17, 15) is 17.6 Å². The quantitative estimate of drug-likeness (QED) is 0.286. The molecule has 0 bridgehead atoms. The van der Waals surface area contributed by atoms with Crippen LogP contribution < -0.4 is 5.73 Å². The second-order valence-electron chi connectivity index (χ2n) is 3.73. The highest BCUT2D eigenvalue weighted by Gasteiger charge is 2.43. The second-order valence-corrected chi connectivity index (χ2v) is 3.73. The van der Waals surface area contributed by atoms with Crippen molar-refractivity contribution in [3.63, 3.8) is 0 Å². The Morgan fingerprint density at radius 3 is 2.53 bits per heavy atom. The van der Waals surface area contributed by atoms with Gasteiger partial charge in [0.1, 0.15) is 11.7 Å². The van der Waals surface area contributed by atoms with Gasteiger partial charge in [-0.15, -0.1) is 0 Å². The third-order valence-electron chi connectivity index (χ3n) is 2.37. The highest BCUT2D eigenvalue weighted by atomic mass is 19.4. The smallest absolute Gasteiger partial charge is 0.401 e. The van der Waals surface area contributed by atoms with Crippen LogP contribution in [0.5, 0.6) is 0 Å². The summed E-state index contributed by atoms with van der Waals surface area (Å²) in [5.41, 5.74) is 5.07. The Balaban J connectivity index is 2.61. The minimum Gasteiger partial charge on any atom is -0.409 e. The number of nitrogens with zero attached hydrogens (tertiary/aromatic N) is 1. The van der Waals surface area contributed by atoms with Crippen LogP contribution in [0.2, 0.25) is 0 Å². The molecular weight excluding hydrogens is 268 g/mol. The molecule has 1 aromatic carbocycles. The minimum atomic E-state index is -4.70. The first-order valence-electron chi connectivity index (χ1n) is 5.21. The molecule has 0 aromatic heterocycles. The Bertz CT molecular complexity index is 449. The maximum Gasteiger partial charge on any atom is 0.401 e. The zero-order valence-corrected chi connectivity index (χ0v) is 9.69. The summed E-state index contributed by atoms with van der Waals surface area (Å²) >= 11 is 0. The zero-order chi connectivity index (χ0) is 14.5. The van der Waals surface area contributed by atoms with Crippen LogP contribution in [0.3, 0.4) is 0 Å². The topological polar surface area (TPSA) is 67.8 Å². The molecule has 0 aliphatic carbocycles. The van der Waals surface area contributed by atoms with Gasteiger partial charge in [-0.2, -0.15) is 13.2 Å². The molecule has 4 nitrogen and oxygen atoms in total. The lowest BCUT2D eigenvalue weighted by Gasteiger charge is -2.18. The molecule has 0 saturated carbocycles. The maximum absolute atomic E-state index is 13.2. The number of amidine groups is 1. The first-order chi connectivity index (χ1) is 8.86. The van der Waals surface area contributed by atoms with E-state index in [2.05, 4.69) is 5.16 Å². The molecule has 0 spiro atoms. The van der Waals surface area contributed by atoms with Crippen molar-refractivity contribution in [3.8, 4) is 0 Å². The summed E-state index contributed by atoms with van der Waals surface area (Å²) in [5, 5.41) is 10.6. The first kappa shape index (κ1) is 15.2. The number of hydrogen-bond acceptors (Lipinski definition) is 3. The number of alkyl halides is 3. The van der Waals surface area contributed by atoms with Crippen molar-refractivity contribution in [1.29, 1.82) is 0 Å². The third kappa shape index (κ3) is 4.40. The molecule has 106 valence electrons. The molecule has 1 rings (SSSR count). The number of hydrogen-bond donors (Lipinski definition) is 2. The number of rotatable bonds is 5. The SMILES string of the molecule is N/C(=N/O)C(COCc1ccccc1F)C(F)(F)F. The molecule has 0 aliphatic rings. The lowest BCUT2D eigenvalue weighted by molar-refractivity contribution is -0.169. The molecule has 0 fully saturated rings. The van der Waals surface area contributed by atoms with Crippen LogP contribution in [-0.4, -0.2) is 23.8 Å². The van der Waals surface area contributed by atoms with Gasteiger partial charge in [-0.25, -0.2) is 4.39 Å². The molecule has 0 heterocycles. The number of oxime groups is 1. The van der Waals surface area contributed by atoms with Crippen molar-refractivity contribution < 1.29 is 27.5 Å². The van der Waals surface area contributed by atoms with Gasteiger partial charge in [0.25, 0.3) is 0 Å².